The molecule has 0 fully saturated rings. The third-order valence-corrected chi connectivity index (χ3v) is 5.90. The van der Waals surface area contributed by atoms with Crippen LogP contribution in [0, 0.1) is 0 Å². The third kappa shape index (κ3) is 3.44. The first kappa shape index (κ1) is 17.0. The highest BCUT2D eigenvalue weighted by atomic mass is 32.1. The van der Waals surface area contributed by atoms with Gasteiger partial charge in [0.25, 0.3) is 5.91 Å². The summed E-state index contributed by atoms with van der Waals surface area (Å²) < 4.78 is 11.1. The van der Waals surface area contributed by atoms with Crippen molar-refractivity contribution >= 4 is 27.5 Å². The van der Waals surface area contributed by atoms with Gasteiger partial charge in [0.05, 0.1) is 18.2 Å². The highest BCUT2D eigenvalue weighted by molar-refractivity contribution is 7.18. The summed E-state index contributed by atoms with van der Waals surface area (Å²) in [6.07, 6.45) is 8.90. The third-order valence-electron chi connectivity index (χ3n) is 4.70. The number of aryl methyl sites for hydroxylation is 2. The van der Waals surface area contributed by atoms with Crippen molar-refractivity contribution in [2.75, 3.05) is 13.7 Å². The van der Waals surface area contributed by atoms with Gasteiger partial charge in [0.15, 0.2) is 6.61 Å². The van der Waals surface area contributed by atoms with Crippen LogP contribution in [0.1, 0.15) is 35.5 Å². The van der Waals surface area contributed by atoms with Crippen LogP contribution >= 0.6 is 11.3 Å². The topological polar surface area (TPSA) is 68.5 Å². The molecule has 3 aromatic heterocycles. The first-order chi connectivity index (χ1) is 12.7. The van der Waals surface area contributed by atoms with Gasteiger partial charge in [0.1, 0.15) is 16.9 Å². The normalized spacial score (nSPS) is 14.0. The lowest BCUT2D eigenvalue weighted by atomic mass is 10.1. The Morgan fingerprint density at radius 2 is 2.19 bits per heavy atom. The fourth-order valence-electron chi connectivity index (χ4n) is 3.31. The Balaban J connectivity index is 1.50. The largest absolute Gasteiger partial charge is 0.467 e. The van der Waals surface area contributed by atoms with E-state index in [0.717, 1.165) is 28.8 Å². The van der Waals surface area contributed by atoms with Gasteiger partial charge in [-0.1, -0.05) is 6.42 Å². The Morgan fingerprint density at radius 1 is 1.31 bits per heavy atom. The number of rotatable bonds is 5. The number of hydrogen-bond donors (Lipinski definition) is 0. The molecule has 1 aliphatic rings. The predicted octanol–water partition coefficient (Wildman–Crippen LogP) is 3.59. The first-order valence-electron chi connectivity index (χ1n) is 8.87. The number of thiophene rings is 1. The Kier molecular flexibility index (Phi) is 4.88. The minimum absolute atomic E-state index is 0.0477. The summed E-state index contributed by atoms with van der Waals surface area (Å²) in [5.41, 5.74) is 1.31. The van der Waals surface area contributed by atoms with E-state index in [4.69, 9.17) is 9.15 Å². The van der Waals surface area contributed by atoms with Gasteiger partial charge in [-0.3, -0.25) is 4.79 Å². The van der Waals surface area contributed by atoms with Gasteiger partial charge in [0, 0.05) is 11.9 Å². The van der Waals surface area contributed by atoms with Crippen molar-refractivity contribution in [3.05, 3.63) is 40.9 Å². The van der Waals surface area contributed by atoms with Gasteiger partial charge in [-0.2, -0.15) is 0 Å². The van der Waals surface area contributed by atoms with Gasteiger partial charge in [0.2, 0.25) is 5.88 Å². The van der Waals surface area contributed by atoms with Gasteiger partial charge in [-0.15, -0.1) is 11.3 Å². The second-order valence-corrected chi connectivity index (χ2v) is 7.62. The highest BCUT2D eigenvalue weighted by Crippen LogP contribution is 2.38. The predicted molar refractivity (Wildman–Crippen MR) is 99.4 cm³/mol. The molecule has 0 aliphatic heterocycles. The minimum atomic E-state index is -0.116. The zero-order valence-electron chi connectivity index (χ0n) is 14.7. The van der Waals surface area contributed by atoms with E-state index in [1.807, 2.05) is 12.1 Å². The van der Waals surface area contributed by atoms with Crippen LogP contribution in [-0.2, 0) is 24.2 Å². The van der Waals surface area contributed by atoms with Crippen LogP contribution in [0.5, 0.6) is 5.88 Å². The lowest BCUT2D eigenvalue weighted by Gasteiger charge is -2.16. The number of amides is 1. The van der Waals surface area contributed by atoms with Crippen molar-refractivity contribution in [3.8, 4) is 5.88 Å². The monoisotopic (exact) mass is 371 g/mol. The molecule has 3 aromatic rings. The van der Waals surface area contributed by atoms with E-state index in [0.29, 0.717) is 12.4 Å². The van der Waals surface area contributed by atoms with E-state index in [2.05, 4.69) is 9.97 Å². The van der Waals surface area contributed by atoms with Crippen molar-refractivity contribution in [1.29, 1.82) is 0 Å². The fraction of sp³-hybridized carbons (Fsp3) is 0.421. The summed E-state index contributed by atoms with van der Waals surface area (Å²) in [5, 5.41) is 0.996. The molecule has 1 amide bonds. The van der Waals surface area contributed by atoms with Crippen molar-refractivity contribution in [2.24, 2.45) is 0 Å². The number of aromatic nitrogens is 2. The molecule has 0 spiro atoms. The van der Waals surface area contributed by atoms with Crippen LogP contribution in [0.3, 0.4) is 0 Å². The maximum absolute atomic E-state index is 12.4. The molecule has 0 saturated carbocycles. The number of nitrogens with zero attached hydrogens (tertiary/aromatic N) is 3. The van der Waals surface area contributed by atoms with Gasteiger partial charge >= 0.3 is 0 Å². The van der Waals surface area contributed by atoms with Crippen LogP contribution < -0.4 is 4.74 Å². The van der Waals surface area contributed by atoms with E-state index < -0.39 is 0 Å². The zero-order chi connectivity index (χ0) is 17.9. The zero-order valence-corrected chi connectivity index (χ0v) is 15.6. The second kappa shape index (κ2) is 7.45. The molecule has 0 radical (unpaired) electrons. The number of fused-ring (bicyclic) bond motifs is 3. The molecule has 6 nitrogen and oxygen atoms in total. The number of likely N-dealkylation sites (N-methyl/N-ethyl adjacent to an activating group) is 1. The van der Waals surface area contributed by atoms with Crippen molar-refractivity contribution < 1.29 is 13.9 Å². The summed E-state index contributed by atoms with van der Waals surface area (Å²) in [7, 11) is 1.74. The van der Waals surface area contributed by atoms with Crippen molar-refractivity contribution in [1.82, 2.24) is 14.9 Å². The van der Waals surface area contributed by atoms with E-state index in [1.54, 1.807) is 29.5 Å². The average molecular weight is 371 g/mol. The van der Waals surface area contributed by atoms with Gasteiger partial charge in [-0.05, 0) is 43.4 Å². The molecular formula is C19H21N3O3S. The summed E-state index contributed by atoms with van der Waals surface area (Å²) in [4.78, 5) is 25.0. The maximum Gasteiger partial charge on any atom is 0.260 e. The van der Waals surface area contributed by atoms with E-state index in [1.165, 1.54) is 36.0 Å². The molecule has 7 heteroatoms. The van der Waals surface area contributed by atoms with Gasteiger partial charge < -0.3 is 14.1 Å². The SMILES string of the molecule is CN(Cc1ccco1)C(=O)COc1ncnc2sc3c(c12)CCCCC3. The average Bonchev–Trinajstić information content (AvgIpc) is 3.21. The molecule has 136 valence electrons. The van der Waals surface area contributed by atoms with Crippen LogP contribution in [0.2, 0.25) is 0 Å². The Bertz CT molecular complexity index is 904. The molecule has 0 aromatic carbocycles. The van der Waals surface area contributed by atoms with Crippen LogP contribution in [0.4, 0.5) is 0 Å². The molecule has 0 bridgehead atoms. The lowest BCUT2D eigenvalue weighted by Crippen LogP contribution is -2.31. The number of carbonyl (C=O) groups is 1. The molecule has 0 saturated heterocycles. The smallest absolute Gasteiger partial charge is 0.260 e. The van der Waals surface area contributed by atoms with Crippen LogP contribution in [0.25, 0.3) is 10.2 Å². The van der Waals surface area contributed by atoms with Gasteiger partial charge in [-0.25, -0.2) is 9.97 Å². The number of furan rings is 1. The molecule has 26 heavy (non-hydrogen) atoms. The number of carbonyl (C=O) groups excluding carboxylic acids is 1. The lowest BCUT2D eigenvalue weighted by molar-refractivity contribution is -0.132. The standard InChI is InChI=1S/C19H21N3O3S/c1-22(10-13-6-5-9-24-13)16(23)11-25-18-17-14-7-3-2-4-8-15(14)26-19(17)21-12-20-18/h5-6,9,12H,2-4,7-8,10-11H2,1H3. The summed E-state index contributed by atoms with van der Waals surface area (Å²) in [6, 6.07) is 3.66. The van der Waals surface area contributed by atoms with E-state index >= 15 is 0 Å². The summed E-state index contributed by atoms with van der Waals surface area (Å²) in [6.45, 7) is 0.371. The molecule has 3 heterocycles. The Morgan fingerprint density at radius 3 is 3.04 bits per heavy atom. The molecule has 0 unspecified atom stereocenters. The van der Waals surface area contributed by atoms with Crippen molar-refractivity contribution in [2.45, 2.75) is 38.6 Å². The molecule has 0 atom stereocenters. The molecule has 4 rings (SSSR count). The molecular weight excluding hydrogens is 350 g/mol. The fourth-order valence-corrected chi connectivity index (χ4v) is 4.53. The summed E-state index contributed by atoms with van der Waals surface area (Å²) >= 11 is 1.73. The first-order valence-corrected chi connectivity index (χ1v) is 9.68. The Labute approximate surface area is 155 Å². The quantitative estimate of drug-likeness (QED) is 0.641. The highest BCUT2D eigenvalue weighted by Gasteiger charge is 2.20. The maximum atomic E-state index is 12.4. The minimum Gasteiger partial charge on any atom is -0.467 e. The molecule has 1 aliphatic carbocycles. The van der Waals surface area contributed by atoms with E-state index in [9.17, 15) is 4.79 Å². The Hall–Kier alpha value is -2.41. The van der Waals surface area contributed by atoms with Crippen LogP contribution in [0.15, 0.2) is 29.1 Å². The van der Waals surface area contributed by atoms with Crippen LogP contribution in [-0.4, -0.2) is 34.4 Å². The van der Waals surface area contributed by atoms with Crippen molar-refractivity contribution in [3.63, 3.8) is 0 Å². The van der Waals surface area contributed by atoms with E-state index in [-0.39, 0.29) is 12.5 Å². The second-order valence-electron chi connectivity index (χ2n) is 6.54. The number of ether oxygens (including phenoxy) is 1. The number of hydrogen-bond acceptors (Lipinski definition) is 6. The summed E-state index contributed by atoms with van der Waals surface area (Å²) in [5.74, 6) is 1.15. The molecule has 0 N–H and O–H groups in total.